The average Bonchev–Trinajstić information content (AvgIpc) is 2.73. The number of fused-ring (bicyclic) bond motifs is 1. The molecule has 4 rings (SSSR count). The van der Waals surface area contributed by atoms with Gasteiger partial charge in [0.2, 0.25) is 0 Å². The normalized spacial score (nSPS) is 13.2. The first-order valence-electron chi connectivity index (χ1n) is 10.2. The van der Waals surface area contributed by atoms with Crippen molar-refractivity contribution in [1.82, 2.24) is 9.97 Å². The van der Waals surface area contributed by atoms with Crippen LogP contribution in [0.2, 0.25) is 0 Å². The maximum Gasteiger partial charge on any atom is 0.416 e. The van der Waals surface area contributed by atoms with E-state index in [0.29, 0.717) is 24.7 Å². The van der Waals surface area contributed by atoms with Crippen LogP contribution in [0.15, 0.2) is 54.9 Å². The molecule has 0 radical (unpaired) electrons. The molecule has 0 unspecified atom stereocenters. The monoisotopic (exact) mass is 418 g/mol. The SMILES string of the molecule is Cc1cccc(-c2cc(Nc3ccncc3)c3c(n2)N(C(=O)OC(C)(C)C)CCO3)c1. The number of anilines is 3. The number of aromatic nitrogens is 2. The van der Waals surface area contributed by atoms with Gasteiger partial charge in [-0.15, -0.1) is 0 Å². The van der Waals surface area contributed by atoms with Crippen LogP contribution in [0.25, 0.3) is 11.3 Å². The van der Waals surface area contributed by atoms with Crippen molar-refractivity contribution in [3.63, 3.8) is 0 Å². The van der Waals surface area contributed by atoms with Crippen molar-refractivity contribution in [3.8, 4) is 17.0 Å². The lowest BCUT2D eigenvalue weighted by molar-refractivity contribution is 0.0566. The number of carbonyl (C=O) groups is 1. The Morgan fingerprint density at radius 1 is 1.16 bits per heavy atom. The lowest BCUT2D eigenvalue weighted by Crippen LogP contribution is -2.42. The van der Waals surface area contributed by atoms with E-state index in [9.17, 15) is 4.79 Å². The van der Waals surface area contributed by atoms with Crippen LogP contribution in [0, 0.1) is 6.92 Å². The quantitative estimate of drug-likeness (QED) is 0.620. The molecule has 3 aromatic rings. The van der Waals surface area contributed by atoms with Crippen LogP contribution < -0.4 is 15.0 Å². The second-order valence-corrected chi connectivity index (χ2v) is 8.42. The lowest BCUT2D eigenvalue weighted by atomic mass is 10.1. The lowest BCUT2D eigenvalue weighted by Gasteiger charge is -2.32. The molecule has 31 heavy (non-hydrogen) atoms. The van der Waals surface area contributed by atoms with Crippen LogP contribution in [-0.2, 0) is 4.74 Å². The van der Waals surface area contributed by atoms with Gasteiger partial charge < -0.3 is 14.8 Å². The van der Waals surface area contributed by atoms with Gasteiger partial charge in [-0.05, 0) is 52.0 Å². The molecule has 2 aromatic heterocycles. The van der Waals surface area contributed by atoms with Crippen molar-refractivity contribution >= 4 is 23.3 Å². The molecule has 0 fully saturated rings. The Balaban J connectivity index is 1.82. The number of pyridine rings is 2. The second kappa shape index (κ2) is 8.26. The fraction of sp³-hybridized carbons (Fsp3) is 0.292. The van der Waals surface area contributed by atoms with Gasteiger partial charge in [0.25, 0.3) is 0 Å². The van der Waals surface area contributed by atoms with Crippen LogP contribution in [0.4, 0.5) is 22.0 Å². The fourth-order valence-corrected chi connectivity index (χ4v) is 3.32. The van der Waals surface area contributed by atoms with E-state index in [1.54, 1.807) is 17.3 Å². The summed E-state index contributed by atoms with van der Waals surface area (Å²) in [7, 11) is 0. The highest BCUT2D eigenvalue weighted by Gasteiger charge is 2.32. The molecule has 0 aliphatic carbocycles. The second-order valence-electron chi connectivity index (χ2n) is 8.42. The number of nitrogens with one attached hydrogen (secondary N) is 1. The molecule has 3 heterocycles. The summed E-state index contributed by atoms with van der Waals surface area (Å²) in [6.07, 6.45) is 2.98. The van der Waals surface area contributed by atoms with Gasteiger partial charge in [-0.2, -0.15) is 0 Å². The van der Waals surface area contributed by atoms with Crippen molar-refractivity contribution in [2.75, 3.05) is 23.4 Å². The van der Waals surface area contributed by atoms with Crippen molar-refractivity contribution in [3.05, 3.63) is 60.4 Å². The topological polar surface area (TPSA) is 76.6 Å². The zero-order valence-electron chi connectivity index (χ0n) is 18.2. The van der Waals surface area contributed by atoms with Gasteiger partial charge in [0, 0.05) is 23.6 Å². The zero-order chi connectivity index (χ0) is 22.0. The van der Waals surface area contributed by atoms with Gasteiger partial charge in [0.15, 0.2) is 11.6 Å². The number of rotatable bonds is 3. The largest absolute Gasteiger partial charge is 0.486 e. The Kier molecular flexibility index (Phi) is 5.50. The number of ether oxygens (including phenoxy) is 2. The number of nitrogens with zero attached hydrogens (tertiary/aromatic N) is 3. The first kappa shape index (κ1) is 20.7. The highest BCUT2D eigenvalue weighted by molar-refractivity contribution is 5.92. The van der Waals surface area contributed by atoms with Crippen LogP contribution in [0.3, 0.4) is 0 Å². The van der Waals surface area contributed by atoms with Gasteiger partial charge in [0.1, 0.15) is 12.2 Å². The van der Waals surface area contributed by atoms with Gasteiger partial charge in [0.05, 0.1) is 17.9 Å². The van der Waals surface area contributed by atoms with Gasteiger partial charge in [-0.3, -0.25) is 9.88 Å². The summed E-state index contributed by atoms with van der Waals surface area (Å²) < 4.78 is 11.6. The third-order valence-corrected chi connectivity index (χ3v) is 4.66. The minimum absolute atomic E-state index is 0.350. The zero-order valence-corrected chi connectivity index (χ0v) is 18.2. The van der Waals surface area contributed by atoms with Crippen molar-refractivity contribution in [1.29, 1.82) is 0 Å². The fourth-order valence-electron chi connectivity index (χ4n) is 3.32. The maximum atomic E-state index is 12.9. The Bertz CT molecular complexity index is 1090. The van der Waals surface area contributed by atoms with Gasteiger partial charge >= 0.3 is 6.09 Å². The molecule has 1 N–H and O–H groups in total. The predicted octanol–water partition coefficient (Wildman–Crippen LogP) is 5.33. The van der Waals surface area contributed by atoms with Crippen LogP contribution in [0.5, 0.6) is 5.75 Å². The molecule has 0 saturated carbocycles. The minimum atomic E-state index is -0.609. The summed E-state index contributed by atoms with van der Waals surface area (Å²) in [6.45, 7) is 8.29. The molecule has 1 aliphatic rings. The molecule has 7 nitrogen and oxygen atoms in total. The van der Waals surface area contributed by atoms with Gasteiger partial charge in [-0.1, -0.05) is 23.8 Å². The minimum Gasteiger partial charge on any atom is -0.486 e. The molecule has 1 amide bonds. The first-order chi connectivity index (χ1) is 14.8. The molecule has 0 bridgehead atoms. The number of carbonyl (C=O) groups excluding carboxylic acids is 1. The van der Waals surface area contributed by atoms with Crippen LogP contribution in [-0.4, -0.2) is 34.8 Å². The van der Waals surface area contributed by atoms with E-state index >= 15 is 0 Å². The number of amides is 1. The molecular formula is C24H26N4O3. The summed E-state index contributed by atoms with van der Waals surface area (Å²) in [5.74, 6) is 0.960. The van der Waals surface area contributed by atoms with E-state index in [2.05, 4.69) is 16.4 Å². The molecule has 7 heteroatoms. The number of benzene rings is 1. The summed E-state index contributed by atoms with van der Waals surface area (Å²) in [6, 6.07) is 13.8. The van der Waals surface area contributed by atoms with Crippen LogP contribution in [0.1, 0.15) is 26.3 Å². The number of hydrogen-bond acceptors (Lipinski definition) is 6. The molecule has 160 valence electrons. The van der Waals surface area contributed by atoms with E-state index in [1.807, 2.05) is 64.1 Å². The molecule has 0 spiro atoms. The van der Waals surface area contributed by atoms with Gasteiger partial charge in [-0.25, -0.2) is 9.78 Å². The van der Waals surface area contributed by atoms with Crippen molar-refractivity contribution in [2.24, 2.45) is 0 Å². The smallest absolute Gasteiger partial charge is 0.416 e. The number of aryl methyl sites for hydroxylation is 1. The molecule has 0 saturated heterocycles. The van der Waals surface area contributed by atoms with E-state index in [0.717, 1.165) is 28.2 Å². The van der Waals surface area contributed by atoms with Crippen molar-refractivity contribution < 1.29 is 14.3 Å². The molecule has 1 aromatic carbocycles. The van der Waals surface area contributed by atoms with E-state index < -0.39 is 11.7 Å². The van der Waals surface area contributed by atoms with Crippen LogP contribution >= 0.6 is 0 Å². The molecule has 0 atom stereocenters. The highest BCUT2D eigenvalue weighted by atomic mass is 16.6. The Hall–Kier alpha value is -3.61. The average molecular weight is 418 g/mol. The number of hydrogen-bond donors (Lipinski definition) is 1. The first-order valence-corrected chi connectivity index (χ1v) is 10.2. The van der Waals surface area contributed by atoms with E-state index in [1.165, 1.54) is 0 Å². The Labute approximate surface area is 182 Å². The summed E-state index contributed by atoms with van der Waals surface area (Å²) in [5, 5.41) is 3.38. The Morgan fingerprint density at radius 2 is 1.94 bits per heavy atom. The molecular weight excluding hydrogens is 392 g/mol. The molecule has 1 aliphatic heterocycles. The van der Waals surface area contributed by atoms with Crippen molar-refractivity contribution in [2.45, 2.75) is 33.3 Å². The Morgan fingerprint density at radius 3 is 2.65 bits per heavy atom. The third-order valence-electron chi connectivity index (χ3n) is 4.66. The summed E-state index contributed by atoms with van der Waals surface area (Å²) in [4.78, 5) is 23.3. The third kappa shape index (κ3) is 4.77. The standard InChI is InChI=1S/C24H26N4O3/c1-16-6-5-7-17(14-16)19-15-20(26-18-8-10-25-11-9-18)21-22(27-19)28(12-13-30-21)23(29)31-24(2,3)4/h5-11,14-15H,12-13H2,1-4H3,(H,25,26,27). The maximum absolute atomic E-state index is 12.9. The predicted molar refractivity (Wildman–Crippen MR) is 121 cm³/mol. The summed E-state index contributed by atoms with van der Waals surface area (Å²) >= 11 is 0. The van der Waals surface area contributed by atoms with E-state index in [-0.39, 0.29) is 0 Å². The summed E-state index contributed by atoms with van der Waals surface area (Å²) in [5.41, 5.74) is 3.79. The highest BCUT2D eigenvalue weighted by Crippen LogP contribution is 2.41. The van der Waals surface area contributed by atoms with E-state index in [4.69, 9.17) is 14.5 Å².